The van der Waals surface area contributed by atoms with Gasteiger partial charge in [0.05, 0.1) is 16.2 Å². The Hall–Kier alpha value is -1.32. The smallest absolute Gasteiger partial charge is 0.0950 e. The molecule has 19 heavy (non-hydrogen) atoms. The average Bonchev–Trinajstić information content (AvgIpc) is 2.41. The molecule has 0 aliphatic carbocycles. The largest absolute Gasteiger partial charge is 0.367 e. The molecule has 1 fully saturated rings. The third-order valence-electron chi connectivity index (χ3n) is 3.92. The standard InChI is InChI=1S/C15H18ClN3/c1-10-9-11(17)6-8-19(10)14-5-4-13(16)12-3-2-7-18-15(12)14/h2-5,7,10-11H,6,8-9,17H2,1H3. The van der Waals surface area contributed by atoms with Crippen LogP contribution in [0.1, 0.15) is 19.8 Å². The van der Waals surface area contributed by atoms with Crippen molar-refractivity contribution < 1.29 is 0 Å². The second kappa shape index (κ2) is 4.99. The monoisotopic (exact) mass is 275 g/mol. The lowest BCUT2D eigenvalue weighted by atomic mass is 9.98. The Morgan fingerprint density at radius 2 is 2.21 bits per heavy atom. The van der Waals surface area contributed by atoms with Crippen LogP contribution in [-0.4, -0.2) is 23.6 Å². The van der Waals surface area contributed by atoms with Crippen molar-refractivity contribution in [1.82, 2.24) is 4.98 Å². The number of anilines is 1. The van der Waals surface area contributed by atoms with Gasteiger partial charge in [-0.05, 0) is 44.0 Å². The highest BCUT2D eigenvalue weighted by Gasteiger charge is 2.25. The maximum atomic E-state index is 6.25. The van der Waals surface area contributed by atoms with Gasteiger partial charge in [-0.1, -0.05) is 11.6 Å². The van der Waals surface area contributed by atoms with Crippen molar-refractivity contribution in [2.45, 2.75) is 31.8 Å². The van der Waals surface area contributed by atoms with Crippen LogP contribution in [0.3, 0.4) is 0 Å². The Morgan fingerprint density at radius 1 is 1.37 bits per heavy atom. The van der Waals surface area contributed by atoms with Gasteiger partial charge < -0.3 is 10.6 Å². The molecule has 0 amide bonds. The van der Waals surface area contributed by atoms with Crippen LogP contribution in [0.25, 0.3) is 10.9 Å². The van der Waals surface area contributed by atoms with Crippen LogP contribution in [0, 0.1) is 0 Å². The first-order valence-electron chi connectivity index (χ1n) is 6.72. The number of benzene rings is 1. The second-order valence-corrected chi connectivity index (χ2v) is 5.70. The van der Waals surface area contributed by atoms with E-state index in [2.05, 4.69) is 22.9 Å². The van der Waals surface area contributed by atoms with Crippen molar-refractivity contribution in [2.75, 3.05) is 11.4 Å². The number of fused-ring (bicyclic) bond motifs is 1. The van der Waals surface area contributed by atoms with Crippen LogP contribution in [-0.2, 0) is 0 Å². The van der Waals surface area contributed by atoms with E-state index in [0.717, 1.165) is 35.3 Å². The Morgan fingerprint density at radius 3 is 3.00 bits per heavy atom. The molecule has 100 valence electrons. The minimum atomic E-state index is 0.317. The van der Waals surface area contributed by atoms with Crippen LogP contribution >= 0.6 is 11.6 Å². The first-order valence-corrected chi connectivity index (χ1v) is 7.10. The third kappa shape index (κ3) is 2.28. The van der Waals surface area contributed by atoms with Crippen molar-refractivity contribution in [3.8, 4) is 0 Å². The lowest BCUT2D eigenvalue weighted by Crippen LogP contribution is -2.45. The van der Waals surface area contributed by atoms with Gasteiger partial charge in [0.25, 0.3) is 0 Å². The molecule has 2 heterocycles. The summed E-state index contributed by atoms with van der Waals surface area (Å²) in [5, 5.41) is 1.77. The van der Waals surface area contributed by atoms with E-state index in [1.807, 2.05) is 24.4 Å². The predicted molar refractivity (Wildman–Crippen MR) is 80.8 cm³/mol. The van der Waals surface area contributed by atoms with Crippen LogP contribution in [0.2, 0.25) is 5.02 Å². The van der Waals surface area contributed by atoms with E-state index in [-0.39, 0.29) is 0 Å². The molecule has 0 radical (unpaired) electrons. The van der Waals surface area contributed by atoms with E-state index in [4.69, 9.17) is 17.3 Å². The van der Waals surface area contributed by atoms with E-state index < -0.39 is 0 Å². The molecule has 0 bridgehead atoms. The highest BCUT2D eigenvalue weighted by atomic mass is 35.5. The molecule has 1 aliphatic rings. The molecule has 1 saturated heterocycles. The normalized spacial score (nSPS) is 23.8. The fourth-order valence-corrected chi connectivity index (χ4v) is 3.14. The zero-order valence-electron chi connectivity index (χ0n) is 11.0. The summed E-state index contributed by atoms with van der Waals surface area (Å²) in [6.45, 7) is 3.21. The van der Waals surface area contributed by atoms with Crippen molar-refractivity contribution in [1.29, 1.82) is 0 Å². The first kappa shape index (κ1) is 12.7. The Labute approximate surface area is 118 Å². The van der Waals surface area contributed by atoms with Gasteiger partial charge in [0, 0.05) is 30.2 Å². The van der Waals surface area contributed by atoms with Crippen LogP contribution in [0.15, 0.2) is 30.5 Å². The maximum absolute atomic E-state index is 6.25. The van der Waals surface area contributed by atoms with Crippen LogP contribution in [0.4, 0.5) is 5.69 Å². The zero-order chi connectivity index (χ0) is 13.4. The van der Waals surface area contributed by atoms with Gasteiger partial charge >= 0.3 is 0 Å². The summed E-state index contributed by atoms with van der Waals surface area (Å²) >= 11 is 6.25. The molecular formula is C15H18ClN3. The number of pyridine rings is 1. The van der Waals surface area contributed by atoms with Gasteiger partial charge in [0.15, 0.2) is 0 Å². The maximum Gasteiger partial charge on any atom is 0.0950 e. The van der Waals surface area contributed by atoms with Crippen molar-refractivity contribution in [3.63, 3.8) is 0 Å². The summed E-state index contributed by atoms with van der Waals surface area (Å²) in [6, 6.07) is 8.74. The fourth-order valence-electron chi connectivity index (χ4n) is 2.92. The summed E-state index contributed by atoms with van der Waals surface area (Å²) in [5.74, 6) is 0. The molecule has 2 N–H and O–H groups in total. The molecule has 0 saturated carbocycles. The summed E-state index contributed by atoms with van der Waals surface area (Å²) < 4.78 is 0. The molecule has 1 aromatic heterocycles. The molecule has 3 nitrogen and oxygen atoms in total. The molecule has 1 aliphatic heterocycles. The number of aromatic nitrogens is 1. The average molecular weight is 276 g/mol. The number of nitrogens with zero attached hydrogens (tertiary/aromatic N) is 2. The molecule has 0 spiro atoms. The summed E-state index contributed by atoms with van der Waals surface area (Å²) in [6.07, 6.45) is 3.88. The number of rotatable bonds is 1. The van der Waals surface area contributed by atoms with E-state index in [1.165, 1.54) is 5.69 Å². The van der Waals surface area contributed by atoms with Gasteiger partial charge in [-0.3, -0.25) is 4.98 Å². The number of nitrogens with two attached hydrogens (primary N) is 1. The number of piperidine rings is 1. The molecule has 4 heteroatoms. The molecule has 3 rings (SSSR count). The first-order chi connectivity index (χ1) is 9.16. The Kier molecular flexibility index (Phi) is 3.33. The van der Waals surface area contributed by atoms with Crippen molar-refractivity contribution in [2.24, 2.45) is 5.73 Å². The van der Waals surface area contributed by atoms with E-state index >= 15 is 0 Å². The topological polar surface area (TPSA) is 42.1 Å². The van der Waals surface area contributed by atoms with Crippen LogP contribution in [0.5, 0.6) is 0 Å². The molecular weight excluding hydrogens is 258 g/mol. The Bertz CT molecular complexity index is 599. The van der Waals surface area contributed by atoms with Gasteiger partial charge in [0.1, 0.15) is 0 Å². The molecule has 2 aromatic rings. The molecule has 1 aromatic carbocycles. The molecule has 2 unspecified atom stereocenters. The van der Waals surface area contributed by atoms with E-state index in [9.17, 15) is 0 Å². The second-order valence-electron chi connectivity index (χ2n) is 5.29. The third-order valence-corrected chi connectivity index (χ3v) is 4.25. The zero-order valence-corrected chi connectivity index (χ0v) is 11.8. The predicted octanol–water partition coefficient (Wildman–Crippen LogP) is 3.20. The van der Waals surface area contributed by atoms with E-state index in [0.29, 0.717) is 12.1 Å². The lowest BCUT2D eigenvalue weighted by molar-refractivity contribution is 0.430. The number of hydrogen-bond acceptors (Lipinski definition) is 3. The van der Waals surface area contributed by atoms with Gasteiger partial charge in [-0.25, -0.2) is 0 Å². The van der Waals surface area contributed by atoms with Gasteiger partial charge in [0.2, 0.25) is 0 Å². The lowest BCUT2D eigenvalue weighted by Gasteiger charge is -2.38. The Balaban J connectivity index is 2.08. The molecule has 2 atom stereocenters. The highest BCUT2D eigenvalue weighted by molar-refractivity contribution is 6.35. The minimum absolute atomic E-state index is 0.317. The van der Waals surface area contributed by atoms with Crippen molar-refractivity contribution in [3.05, 3.63) is 35.5 Å². The van der Waals surface area contributed by atoms with E-state index in [1.54, 1.807) is 0 Å². The minimum Gasteiger partial charge on any atom is -0.367 e. The highest BCUT2D eigenvalue weighted by Crippen LogP contribution is 2.33. The van der Waals surface area contributed by atoms with Gasteiger partial charge in [-0.2, -0.15) is 0 Å². The summed E-state index contributed by atoms with van der Waals surface area (Å²) in [5.41, 5.74) is 8.19. The van der Waals surface area contributed by atoms with Gasteiger partial charge in [-0.15, -0.1) is 0 Å². The van der Waals surface area contributed by atoms with Crippen LogP contribution < -0.4 is 10.6 Å². The fraction of sp³-hybridized carbons (Fsp3) is 0.400. The van der Waals surface area contributed by atoms with Crippen molar-refractivity contribution >= 4 is 28.2 Å². The SMILES string of the molecule is CC1CC(N)CCN1c1ccc(Cl)c2cccnc12. The quantitative estimate of drug-likeness (QED) is 0.869. The number of halogens is 1. The summed E-state index contributed by atoms with van der Waals surface area (Å²) in [4.78, 5) is 6.91. The summed E-state index contributed by atoms with van der Waals surface area (Å²) in [7, 11) is 0. The number of hydrogen-bond donors (Lipinski definition) is 1.